The molecule has 3 amide bonds. The molecule has 0 unspecified atom stereocenters. The van der Waals surface area contributed by atoms with E-state index in [2.05, 4.69) is 20.6 Å². The van der Waals surface area contributed by atoms with E-state index in [1.54, 1.807) is 4.90 Å². The van der Waals surface area contributed by atoms with Crippen molar-refractivity contribution < 1.29 is 9.59 Å². The van der Waals surface area contributed by atoms with Gasteiger partial charge in [-0.1, -0.05) is 18.2 Å². The predicted molar refractivity (Wildman–Crippen MR) is 94.7 cm³/mol. The van der Waals surface area contributed by atoms with Crippen LogP contribution in [0.3, 0.4) is 0 Å². The maximum Gasteiger partial charge on any atom is 0.324 e. The SMILES string of the molecule is NC(=O)c1cnc(NC(=O)N2CCCCC2)nc1Nc1ccccc1. The number of hydrogen-bond donors (Lipinski definition) is 3. The lowest BCUT2D eigenvalue weighted by atomic mass is 10.1. The summed E-state index contributed by atoms with van der Waals surface area (Å²) in [6, 6.07) is 9.01. The Bertz CT molecular complexity index is 759. The average molecular weight is 340 g/mol. The second-order valence-electron chi connectivity index (χ2n) is 5.79. The minimum atomic E-state index is -0.646. The number of urea groups is 1. The number of likely N-dealkylation sites (tertiary alicyclic amines) is 1. The third-order valence-corrected chi connectivity index (χ3v) is 3.95. The van der Waals surface area contributed by atoms with Crippen LogP contribution in [-0.2, 0) is 0 Å². The summed E-state index contributed by atoms with van der Waals surface area (Å²) >= 11 is 0. The number of para-hydroxylation sites is 1. The van der Waals surface area contributed by atoms with Crippen LogP contribution < -0.4 is 16.4 Å². The lowest BCUT2D eigenvalue weighted by molar-refractivity contribution is 0.100. The van der Waals surface area contributed by atoms with E-state index < -0.39 is 5.91 Å². The molecule has 4 N–H and O–H groups in total. The lowest BCUT2D eigenvalue weighted by Crippen LogP contribution is -2.39. The number of nitrogens with one attached hydrogen (secondary N) is 2. The number of carbonyl (C=O) groups is 2. The fourth-order valence-corrected chi connectivity index (χ4v) is 2.65. The maximum atomic E-state index is 12.3. The first-order valence-electron chi connectivity index (χ1n) is 8.18. The summed E-state index contributed by atoms with van der Waals surface area (Å²) in [6.07, 6.45) is 4.44. The standard InChI is InChI=1S/C17H20N6O2/c18-14(24)13-11-19-16(22-17(25)23-9-5-2-6-10-23)21-15(13)20-12-7-3-1-4-8-12/h1,3-4,7-8,11H,2,5-6,9-10H2,(H2,18,24)(H2,19,20,21,22,25). The van der Waals surface area contributed by atoms with Gasteiger partial charge in [-0.3, -0.25) is 10.1 Å². The predicted octanol–water partition coefficient (Wildman–Crippen LogP) is 2.34. The van der Waals surface area contributed by atoms with Crippen molar-refractivity contribution in [2.45, 2.75) is 19.3 Å². The number of carbonyl (C=O) groups excluding carboxylic acids is 2. The van der Waals surface area contributed by atoms with Crippen LogP contribution >= 0.6 is 0 Å². The summed E-state index contributed by atoms with van der Waals surface area (Å²) < 4.78 is 0. The highest BCUT2D eigenvalue weighted by molar-refractivity contribution is 5.98. The van der Waals surface area contributed by atoms with Crippen LogP contribution in [0.4, 0.5) is 22.2 Å². The third-order valence-electron chi connectivity index (χ3n) is 3.95. The monoisotopic (exact) mass is 340 g/mol. The van der Waals surface area contributed by atoms with E-state index in [1.165, 1.54) is 6.20 Å². The van der Waals surface area contributed by atoms with Crippen LogP contribution in [0.1, 0.15) is 29.6 Å². The summed E-state index contributed by atoms with van der Waals surface area (Å²) in [6.45, 7) is 1.45. The number of nitrogens with two attached hydrogens (primary N) is 1. The number of amides is 3. The zero-order valence-corrected chi connectivity index (χ0v) is 13.7. The van der Waals surface area contributed by atoms with Crippen molar-refractivity contribution in [1.29, 1.82) is 0 Å². The molecule has 0 saturated carbocycles. The molecule has 3 rings (SSSR count). The molecular formula is C17H20N6O2. The fourth-order valence-electron chi connectivity index (χ4n) is 2.65. The number of hydrogen-bond acceptors (Lipinski definition) is 5. The quantitative estimate of drug-likeness (QED) is 0.790. The molecule has 130 valence electrons. The van der Waals surface area contributed by atoms with E-state index >= 15 is 0 Å². The van der Waals surface area contributed by atoms with Gasteiger partial charge < -0.3 is 16.0 Å². The number of anilines is 3. The number of nitrogens with zero attached hydrogens (tertiary/aromatic N) is 3. The summed E-state index contributed by atoms with van der Waals surface area (Å²) in [5.41, 5.74) is 6.28. The van der Waals surface area contributed by atoms with Crippen LogP contribution in [0, 0.1) is 0 Å². The van der Waals surface area contributed by atoms with Gasteiger partial charge >= 0.3 is 6.03 Å². The Morgan fingerprint density at radius 2 is 1.80 bits per heavy atom. The second kappa shape index (κ2) is 7.61. The van der Waals surface area contributed by atoms with Crippen molar-refractivity contribution in [2.75, 3.05) is 23.7 Å². The van der Waals surface area contributed by atoms with Crippen LogP contribution in [0.2, 0.25) is 0 Å². The molecule has 2 heterocycles. The van der Waals surface area contributed by atoms with Crippen molar-refractivity contribution >= 4 is 29.4 Å². The summed E-state index contributed by atoms with van der Waals surface area (Å²) in [5.74, 6) is -0.269. The molecule has 1 aliphatic rings. The minimum absolute atomic E-state index is 0.124. The molecule has 0 bridgehead atoms. The van der Waals surface area contributed by atoms with Gasteiger partial charge in [0, 0.05) is 25.0 Å². The molecule has 0 aliphatic carbocycles. The van der Waals surface area contributed by atoms with Crippen LogP contribution in [0.15, 0.2) is 36.5 Å². The molecule has 1 aliphatic heterocycles. The van der Waals surface area contributed by atoms with Crippen LogP contribution in [-0.4, -0.2) is 39.9 Å². The highest BCUT2D eigenvalue weighted by Gasteiger charge is 2.19. The molecule has 1 fully saturated rings. The molecule has 0 radical (unpaired) electrons. The van der Waals surface area contributed by atoms with E-state index in [0.29, 0.717) is 0 Å². The molecular weight excluding hydrogens is 320 g/mol. The molecule has 8 heteroatoms. The van der Waals surface area contributed by atoms with E-state index in [9.17, 15) is 9.59 Å². The number of benzene rings is 1. The van der Waals surface area contributed by atoms with Gasteiger partial charge in [0.2, 0.25) is 5.95 Å². The van der Waals surface area contributed by atoms with Crippen molar-refractivity contribution in [2.24, 2.45) is 5.73 Å². The van der Waals surface area contributed by atoms with Gasteiger partial charge in [-0.2, -0.15) is 4.98 Å². The molecule has 8 nitrogen and oxygen atoms in total. The number of piperidine rings is 1. The van der Waals surface area contributed by atoms with E-state index in [4.69, 9.17) is 5.73 Å². The molecule has 1 aromatic heterocycles. The Hall–Kier alpha value is -3.16. The zero-order valence-electron chi connectivity index (χ0n) is 13.7. The van der Waals surface area contributed by atoms with Gasteiger partial charge in [0.1, 0.15) is 11.4 Å². The molecule has 0 atom stereocenters. The Labute approximate surface area is 145 Å². The number of rotatable bonds is 4. The van der Waals surface area contributed by atoms with Gasteiger partial charge in [0.05, 0.1) is 0 Å². The normalized spacial score (nSPS) is 14.0. The van der Waals surface area contributed by atoms with Crippen molar-refractivity contribution in [1.82, 2.24) is 14.9 Å². The van der Waals surface area contributed by atoms with Crippen molar-refractivity contribution in [3.8, 4) is 0 Å². The van der Waals surface area contributed by atoms with E-state index in [1.807, 2.05) is 30.3 Å². The van der Waals surface area contributed by atoms with Crippen LogP contribution in [0.5, 0.6) is 0 Å². The third kappa shape index (κ3) is 4.23. The fraction of sp³-hybridized carbons (Fsp3) is 0.294. The average Bonchev–Trinajstić information content (AvgIpc) is 2.63. The zero-order chi connectivity index (χ0) is 17.6. The highest BCUT2D eigenvalue weighted by atomic mass is 16.2. The first-order valence-corrected chi connectivity index (χ1v) is 8.18. The van der Waals surface area contributed by atoms with Gasteiger partial charge in [0.15, 0.2) is 0 Å². The van der Waals surface area contributed by atoms with Crippen molar-refractivity contribution in [3.05, 3.63) is 42.1 Å². The maximum absolute atomic E-state index is 12.3. The topological polar surface area (TPSA) is 113 Å². The first kappa shape index (κ1) is 16.7. The summed E-state index contributed by atoms with van der Waals surface area (Å²) in [5, 5.41) is 5.71. The molecule has 1 aromatic carbocycles. The summed E-state index contributed by atoms with van der Waals surface area (Å²) in [7, 11) is 0. The van der Waals surface area contributed by atoms with Gasteiger partial charge in [-0.25, -0.2) is 9.78 Å². The van der Waals surface area contributed by atoms with Crippen molar-refractivity contribution in [3.63, 3.8) is 0 Å². The smallest absolute Gasteiger partial charge is 0.324 e. The summed E-state index contributed by atoms with van der Waals surface area (Å²) in [4.78, 5) is 33.9. The van der Waals surface area contributed by atoms with Gasteiger partial charge in [-0.15, -0.1) is 0 Å². The number of primary amides is 1. The molecule has 1 saturated heterocycles. The second-order valence-corrected chi connectivity index (χ2v) is 5.79. The minimum Gasteiger partial charge on any atom is -0.365 e. The molecule has 0 spiro atoms. The Morgan fingerprint density at radius 1 is 1.08 bits per heavy atom. The largest absolute Gasteiger partial charge is 0.365 e. The van der Waals surface area contributed by atoms with Gasteiger partial charge in [0.25, 0.3) is 5.91 Å². The first-order chi connectivity index (χ1) is 12.1. The lowest BCUT2D eigenvalue weighted by Gasteiger charge is -2.26. The Morgan fingerprint density at radius 3 is 2.48 bits per heavy atom. The molecule has 25 heavy (non-hydrogen) atoms. The Kier molecular flexibility index (Phi) is 5.08. The van der Waals surface area contributed by atoms with Crippen LogP contribution in [0.25, 0.3) is 0 Å². The van der Waals surface area contributed by atoms with E-state index in [0.717, 1.165) is 38.0 Å². The van der Waals surface area contributed by atoms with Gasteiger partial charge in [-0.05, 0) is 31.4 Å². The molecule has 2 aromatic rings. The Balaban J connectivity index is 1.79. The highest BCUT2D eigenvalue weighted by Crippen LogP contribution is 2.19. The number of aromatic nitrogens is 2. The van der Waals surface area contributed by atoms with E-state index in [-0.39, 0.29) is 23.4 Å².